The summed E-state index contributed by atoms with van der Waals surface area (Å²) < 4.78 is 5.03. The van der Waals surface area contributed by atoms with E-state index in [0.717, 1.165) is 11.1 Å². The fourth-order valence-electron chi connectivity index (χ4n) is 2.63. The van der Waals surface area contributed by atoms with Crippen molar-refractivity contribution in [3.8, 4) is 0 Å². The van der Waals surface area contributed by atoms with E-state index in [2.05, 4.69) is 48.7 Å². The Balaban J connectivity index is 1.70. The van der Waals surface area contributed by atoms with Gasteiger partial charge >= 0.3 is 12.0 Å². The second-order valence-electron chi connectivity index (χ2n) is 6.99. The van der Waals surface area contributed by atoms with Gasteiger partial charge in [0.2, 0.25) is 0 Å². The van der Waals surface area contributed by atoms with Gasteiger partial charge < -0.3 is 21.1 Å². The maximum atomic E-state index is 12.0. The molecule has 0 saturated carbocycles. The van der Waals surface area contributed by atoms with E-state index in [1.165, 1.54) is 5.56 Å². The lowest BCUT2D eigenvalue weighted by atomic mass is 10.0. The minimum atomic E-state index is -0.618. The zero-order valence-corrected chi connectivity index (χ0v) is 16.7. The molecule has 0 aliphatic rings. The second-order valence-corrected chi connectivity index (χ2v) is 6.99. The maximum absolute atomic E-state index is 12.0. The summed E-state index contributed by atoms with van der Waals surface area (Å²) >= 11 is 0. The molecule has 0 saturated heterocycles. The summed E-state index contributed by atoms with van der Waals surface area (Å²) in [5.41, 5.74) is 8.54. The molecule has 0 aromatic heterocycles. The SMILES string of the molecule is CC(C)c1ccc(CCNC(=O)COC(=O)c2ccc(CNC(N)=O)cc2)cc1. The molecule has 0 fully saturated rings. The van der Waals surface area contributed by atoms with Crippen LogP contribution in [0.3, 0.4) is 0 Å². The Morgan fingerprint density at radius 1 is 0.931 bits per heavy atom. The van der Waals surface area contributed by atoms with E-state index in [1.807, 2.05) is 0 Å². The lowest BCUT2D eigenvalue weighted by molar-refractivity contribution is -0.124. The number of carbonyl (C=O) groups is 3. The van der Waals surface area contributed by atoms with Crippen LogP contribution < -0.4 is 16.4 Å². The third-order valence-electron chi connectivity index (χ3n) is 4.37. The van der Waals surface area contributed by atoms with Crippen molar-refractivity contribution >= 4 is 17.9 Å². The smallest absolute Gasteiger partial charge is 0.338 e. The van der Waals surface area contributed by atoms with Crippen LogP contribution in [0.2, 0.25) is 0 Å². The van der Waals surface area contributed by atoms with Crippen LogP contribution in [0.4, 0.5) is 4.79 Å². The van der Waals surface area contributed by atoms with E-state index in [4.69, 9.17) is 10.5 Å². The van der Waals surface area contributed by atoms with E-state index in [0.29, 0.717) is 24.4 Å². The van der Waals surface area contributed by atoms with Crippen LogP contribution in [0.1, 0.15) is 46.8 Å². The molecule has 7 heteroatoms. The van der Waals surface area contributed by atoms with Crippen LogP contribution in [0.15, 0.2) is 48.5 Å². The topological polar surface area (TPSA) is 111 Å². The predicted molar refractivity (Wildman–Crippen MR) is 110 cm³/mol. The maximum Gasteiger partial charge on any atom is 0.338 e. The van der Waals surface area contributed by atoms with Crippen molar-refractivity contribution in [3.05, 3.63) is 70.8 Å². The second kappa shape index (κ2) is 10.8. The highest BCUT2D eigenvalue weighted by Gasteiger charge is 2.10. The lowest BCUT2D eigenvalue weighted by Crippen LogP contribution is -2.30. The molecule has 0 atom stereocenters. The van der Waals surface area contributed by atoms with Crippen LogP contribution >= 0.6 is 0 Å². The molecule has 7 nitrogen and oxygen atoms in total. The number of ether oxygens (including phenoxy) is 1. The molecule has 3 amide bonds. The first kappa shape index (κ1) is 21.9. The predicted octanol–water partition coefficient (Wildman–Crippen LogP) is 2.49. The number of rotatable bonds is 9. The Bertz CT molecular complexity index is 830. The van der Waals surface area contributed by atoms with Gasteiger partial charge in [0.05, 0.1) is 5.56 Å². The highest BCUT2D eigenvalue weighted by Crippen LogP contribution is 2.14. The van der Waals surface area contributed by atoms with Gasteiger partial charge in [-0.05, 0) is 41.2 Å². The summed E-state index contributed by atoms with van der Waals surface area (Å²) in [5, 5.41) is 5.20. The molecule has 2 aromatic rings. The van der Waals surface area contributed by atoms with Crippen molar-refractivity contribution in [1.82, 2.24) is 10.6 Å². The molecule has 4 N–H and O–H groups in total. The minimum Gasteiger partial charge on any atom is -0.452 e. The van der Waals surface area contributed by atoms with Crippen LogP contribution in [-0.4, -0.2) is 31.1 Å². The number of amides is 3. The molecular formula is C22H27N3O4. The van der Waals surface area contributed by atoms with Crippen molar-refractivity contribution in [3.63, 3.8) is 0 Å². The first-order chi connectivity index (χ1) is 13.8. The average Bonchev–Trinajstić information content (AvgIpc) is 2.71. The van der Waals surface area contributed by atoms with Gasteiger partial charge in [-0.3, -0.25) is 4.79 Å². The Kier molecular flexibility index (Phi) is 8.21. The van der Waals surface area contributed by atoms with Gasteiger partial charge in [-0.15, -0.1) is 0 Å². The first-order valence-corrected chi connectivity index (χ1v) is 9.50. The number of hydrogen-bond donors (Lipinski definition) is 3. The van der Waals surface area contributed by atoms with Crippen molar-refractivity contribution in [2.75, 3.05) is 13.2 Å². The summed E-state index contributed by atoms with van der Waals surface area (Å²) in [6.45, 7) is 4.70. The van der Waals surface area contributed by atoms with Crippen molar-refractivity contribution in [2.45, 2.75) is 32.7 Å². The molecular weight excluding hydrogens is 370 g/mol. The molecule has 0 unspecified atom stereocenters. The van der Waals surface area contributed by atoms with Gasteiger partial charge in [0.15, 0.2) is 6.61 Å². The highest BCUT2D eigenvalue weighted by atomic mass is 16.5. The van der Waals surface area contributed by atoms with E-state index >= 15 is 0 Å². The molecule has 0 aliphatic carbocycles. The lowest BCUT2D eigenvalue weighted by Gasteiger charge is -2.09. The van der Waals surface area contributed by atoms with Crippen molar-refractivity contribution in [2.24, 2.45) is 5.73 Å². The summed E-state index contributed by atoms with van der Waals surface area (Å²) in [7, 11) is 0. The van der Waals surface area contributed by atoms with Gasteiger partial charge in [0, 0.05) is 13.1 Å². The van der Waals surface area contributed by atoms with E-state index in [-0.39, 0.29) is 19.1 Å². The molecule has 0 heterocycles. The third-order valence-corrected chi connectivity index (χ3v) is 4.37. The average molecular weight is 397 g/mol. The number of urea groups is 1. The summed E-state index contributed by atoms with van der Waals surface area (Å²) in [5.74, 6) is -0.445. The Labute approximate surface area is 170 Å². The molecule has 0 spiro atoms. The molecule has 0 bridgehead atoms. The van der Waals surface area contributed by atoms with Crippen LogP contribution in [0.25, 0.3) is 0 Å². The first-order valence-electron chi connectivity index (χ1n) is 9.50. The summed E-state index contributed by atoms with van der Waals surface area (Å²) in [6.07, 6.45) is 0.707. The van der Waals surface area contributed by atoms with Gasteiger partial charge in [-0.2, -0.15) is 0 Å². The summed E-state index contributed by atoms with van der Waals surface area (Å²) in [6, 6.07) is 14.2. The minimum absolute atomic E-state index is 0.271. The molecule has 29 heavy (non-hydrogen) atoms. The standard InChI is InChI=1S/C22H27N3O4/c1-15(2)18-7-3-16(4-8-18)11-12-24-20(26)14-29-21(27)19-9-5-17(6-10-19)13-25-22(23)28/h3-10,15H,11-14H2,1-2H3,(H,24,26)(H3,23,25,28). The molecule has 0 radical (unpaired) electrons. The molecule has 154 valence electrons. The normalized spacial score (nSPS) is 10.4. The number of benzene rings is 2. The Morgan fingerprint density at radius 3 is 2.14 bits per heavy atom. The quantitative estimate of drug-likeness (QED) is 0.565. The number of nitrogens with two attached hydrogens (primary N) is 1. The van der Waals surface area contributed by atoms with E-state index in [1.54, 1.807) is 24.3 Å². The van der Waals surface area contributed by atoms with Gasteiger partial charge in [-0.1, -0.05) is 50.2 Å². The zero-order chi connectivity index (χ0) is 21.2. The van der Waals surface area contributed by atoms with Gasteiger partial charge in [0.1, 0.15) is 0 Å². The largest absolute Gasteiger partial charge is 0.452 e. The number of nitrogens with one attached hydrogen (secondary N) is 2. The number of carbonyl (C=O) groups excluding carboxylic acids is 3. The number of primary amides is 1. The van der Waals surface area contributed by atoms with Crippen molar-refractivity contribution in [1.29, 1.82) is 0 Å². The fraction of sp³-hybridized carbons (Fsp3) is 0.318. The van der Waals surface area contributed by atoms with Crippen molar-refractivity contribution < 1.29 is 19.1 Å². The number of hydrogen-bond acceptors (Lipinski definition) is 4. The number of esters is 1. The van der Waals surface area contributed by atoms with Crippen LogP contribution in [-0.2, 0) is 22.5 Å². The summed E-state index contributed by atoms with van der Waals surface area (Å²) in [4.78, 5) is 34.6. The fourth-order valence-corrected chi connectivity index (χ4v) is 2.63. The highest BCUT2D eigenvalue weighted by molar-refractivity contribution is 5.91. The molecule has 2 aromatic carbocycles. The van der Waals surface area contributed by atoms with E-state index < -0.39 is 12.0 Å². The van der Waals surface area contributed by atoms with Gasteiger partial charge in [0.25, 0.3) is 5.91 Å². The monoisotopic (exact) mass is 397 g/mol. The van der Waals surface area contributed by atoms with Crippen LogP contribution in [0, 0.1) is 0 Å². The Morgan fingerprint density at radius 2 is 1.55 bits per heavy atom. The Hall–Kier alpha value is -3.35. The third kappa shape index (κ3) is 7.65. The molecule has 2 rings (SSSR count). The van der Waals surface area contributed by atoms with Crippen LogP contribution in [0.5, 0.6) is 0 Å². The zero-order valence-electron chi connectivity index (χ0n) is 16.7. The molecule has 0 aliphatic heterocycles. The van der Waals surface area contributed by atoms with E-state index in [9.17, 15) is 14.4 Å². The van der Waals surface area contributed by atoms with Gasteiger partial charge in [-0.25, -0.2) is 9.59 Å².